The Kier molecular flexibility index (Phi) is 4.12. The Labute approximate surface area is 121 Å². The van der Waals surface area contributed by atoms with Gasteiger partial charge in [-0.25, -0.2) is 4.39 Å². The first-order chi connectivity index (χ1) is 9.88. The number of halogens is 1. The summed E-state index contributed by atoms with van der Waals surface area (Å²) in [7, 11) is 0. The monoisotopic (exact) mass is 290 g/mol. The summed E-state index contributed by atoms with van der Waals surface area (Å²) in [6.45, 7) is 1.75. The van der Waals surface area contributed by atoms with Crippen molar-refractivity contribution in [3.05, 3.63) is 52.8 Å². The Bertz CT molecular complexity index is 672. The highest BCUT2D eigenvalue weighted by molar-refractivity contribution is 6.01. The van der Waals surface area contributed by atoms with Crippen molar-refractivity contribution in [2.75, 3.05) is 0 Å². The minimum Gasteiger partial charge on any atom is -0.508 e. The van der Waals surface area contributed by atoms with Crippen LogP contribution in [-0.2, 0) is 6.42 Å². The first kappa shape index (κ1) is 14.8. The van der Waals surface area contributed by atoms with Gasteiger partial charge in [-0.15, -0.1) is 0 Å². The summed E-state index contributed by atoms with van der Waals surface area (Å²) >= 11 is 0. The second-order valence-electron chi connectivity index (χ2n) is 4.85. The molecule has 21 heavy (non-hydrogen) atoms. The molecule has 0 amide bonds. The van der Waals surface area contributed by atoms with E-state index in [1.54, 1.807) is 13.0 Å². The van der Waals surface area contributed by atoms with E-state index < -0.39 is 17.3 Å². The molecule has 2 aromatic rings. The molecule has 0 aliphatic heterocycles. The maximum atomic E-state index is 13.0. The highest BCUT2D eigenvalue weighted by Gasteiger charge is 2.17. The molecule has 110 valence electrons. The van der Waals surface area contributed by atoms with Crippen LogP contribution in [0.25, 0.3) is 0 Å². The van der Waals surface area contributed by atoms with Gasteiger partial charge in [0.1, 0.15) is 28.6 Å². The fourth-order valence-electron chi connectivity index (χ4n) is 2.20. The molecule has 2 rings (SSSR count). The second-order valence-corrected chi connectivity index (χ2v) is 4.85. The average Bonchev–Trinajstić information content (AvgIpc) is 2.36. The summed E-state index contributed by atoms with van der Waals surface area (Å²) in [5.74, 6) is -2.04. The highest BCUT2D eigenvalue weighted by atomic mass is 19.1. The Hall–Kier alpha value is -2.56. The number of Topliss-reactive ketones (excluding diaryl/α,β-unsaturated/α-hetero) is 1. The van der Waals surface area contributed by atoms with E-state index in [1.807, 2.05) is 0 Å². The lowest BCUT2D eigenvalue weighted by atomic mass is 9.98. The summed E-state index contributed by atoms with van der Waals surface area (Å²) in [6.07, 6.45) is 0.420. The van der Waals surface area contributed by atoms with E-state index in [4.69, 9.17) is 0 Å². The van der Waals surface area contributed by atoms with Crippen LogP contribution in [0.1, 0.15) is 27.9 Å². The van der Waals surface area contributed by atoms with Crippen molar-refractivity contribution in [2.24, 2.45) is 0 Å². The molecule has 0 radical (unpaired) electrons. The van der Waals surface area contributed by atoms with Gasteiger partial charge in [-0.05, 0) is 36.6 Å². The molecule has 3 N–H and O–H groups in total. The van der Waals surface area contributed by atoms with E-state index in [-0.39, 0.29) is 23.6 Å². The number of ketones is 1. The van der Waals surface area contributed by atoms with Gasteiger partial charge < -0.3 is 15.3 Å². The van der Waals surface area contributed by atoms with Gasteiger partial charge in [0, 0.05) is 18.6 Å². The van der Waals surface area contributed by atoms with Gasteiger partial charge in [0.15, 0.2) is 5.78 Å². The topological polar surface area (TPSA) is 77.8 Å². The number of aryl methyl sites for hydroxylation is 2. The summed E-state index contributed by atoms with van der Waals surface area (Å²) in [6, 6.07) is 6.30. The van der Waals surface area contributed by atoms with E-state index in [1.165, 1.54) is 12.1 Å². The van der Waals surface area contributed by atoms with Crippen molar-refractivity contribution in [3.63, 3.8) is 0 Å². The van der Waals surface area contributed by atoms with E-state index in [0.717, 1.165) is 23.3 Å². The van der Waals surface area contributed by atoms with Gasteiger partial charge in [0.2, 0.25) is 0 Å². The molecule has 0 spiro atoms. The number of hydrogen-bond acceptors (Lipinski definition) is 4. The maximum absolute atomic E-state index is 13.0. The molecule has 5 heteroatoms. The third kappa shape index (κ3) is 3.31. The van der Waals surface area contributed by atoms with Crippen LogP contribution in [0.4, 0.5) is 4.39 Å². The Morgan fingerprint density at radius 3 is 2.29 bits per heavy atom. The van der Waals surface area contributed by atoms with Gasteiger partial charge in [-0.2, -0.15) is 0 Å². The van der Waals surface area contributed by atoms with E-state index in [0.29, 0.717) is 6.42 Å². The number of phenols is 3. The van der Waals surface area contributed by atoms with E-state index in [2.05, 4.69) is 0 Å². The highest BCUT2D eigenvalue weighted by Crippen LogP contribution is 2.33. The molecule has 0 unspecified atom stereocenters. The summed E-state index contributed by atoms with van der Waals surface area (Å²) < 4.78 is 13.0. The fraction of sp³-hybridized carbons (Fsp3) is 0.188. The van der Waals surface area contributed by atoms with Crippen molar-refractivity contribution in [1.29, 1.82) is 0 Å². The molecule has 0 saturated carbocycles. The van der Waals surface area contributed by atoms with Crippen LogP contribution in [0.15, 0.2) is 30.3 Å². The number of carbonyl (C=O) groups is 1. The van der Waals surface area contributed by atoms with E-state index >= 15 is 0 Å². The Balaban J connectivity index is 2.16. The predicted molar refractivity (Wildman–Crippen MR) is 75.2 cm³/mol. The quantitative estimate of drug-likeness (QED) is 0.756. The van der Waals surface area contributed by atoms with Gasteiger partial charge in [-0.3, -0.25) is 4.79 Å². The second kappa shape index (κ2) is 5.83. The zero-order valence-corrected chi connectivity index (χ0v) is 11.4. The fourth-order valence-corrected chi connectivity index (χ4v) is 2.20. The van der Waals surface area contributed by atoms with Crippen molar-refractivity contribution in [2.45, 2.75) is 19.8 Å². The SMILES string of the molecule is Cc1cc(F)ccc1CCC(=O)c1c(O)cc(O)cc1O. The van der Waals surface area contributed by atoms with Gasteiger partial charge in [0.05, 0.1) is 0 Å². The Morgan fingerprint density at radius 1 is 1.10 bits per heavy atom. The summed E-state index contributed by atoms with van der Waals surface area (Å²) in [5, 5.41) is 28.5. The lowest BCUT2D eigenvalue weighted by molar-refractivity contribution is 0.0977. The number of hydrogen-bond donors (Lipinski definition) is 3. The van der Waals surface area contributed by atoms with Crippen LogP contribution in [-0.4, -0.2) is 21.1 Å². The van der Waals surface area contributed by atoms with Crippen molar-refractivity contribution in [3.8, 4) is 17.2 Å². The Morgan fingerprint density at radius 2 is 1.71 bits per heavy atom. The minimum absolute atomic E-state index is 0.0539. The smallest absolute Gasteiger partial charge is 0.170 e. The number of aromatic hydroxyl groups is 3. The third-order valence-corrected chi connectivity index (χ3v) is 3.29. The molecule has 2 aromatic carbocycles. The van der Waals surface area contributed by atoms with Gasteiger partial charge in [-0.1, -0.05) is 6.07 Å². The molecule has 0 atom stereocenters. The number of rotatable bonds is 4. The molecule has 4 nitrogen and oxygen atoms in total. The maximum Gasteiger partial charge on any atom is 0.170 e. The van der Waals surface area contributed by atoms with Crippen LogP contribution >= 0.6 is 0 Å². The average molecular weight is 290 g/mol. The zero-order chi connectivity index (χ0) is 15.6. The molecule has 0 heterocycles. The predicted octanol–water partition coefficient (Wildman–Crippen LogP) is 3.07. The number of benzene rings is 2. The molecule has 0 bridgehead atoms. The molecule has 0 aliphatic rings. The summed E-state index contributed by atoms with van der Waals surface area (Å²) in [5.41, 5.74) is 1.34. The van der Waals surface area contributed by atoms with E-state index in [9.17, 15) is 24.5 Å². The zero-order valence-electron chi connectivity index (χ0n) is 11.4. The largest absolute Gasteiger partial charge is 0.508 e. The van der Waals surface area contributed by atoms with Crippen LogP contribution in [0.2, 0.25) is 0 Å². The summed E-state index contributed by atoms with van der Waals surface area (Å²) in [4.78, 5) is 12.1. The normalized spacial score (nSPS) is 10.6. The number of phenolic OH excluding ortho intramolecular Hbond substituents is 3. The van der Waals surface area contributed by atoms with Gasteiger partial charge >= 0.3 is 0 Å². The lowest BCUT2D eigenvalue weighted by Crippen LogP contribution is -2.03. The lowest BCUT2D eigenvalue weighted by Gasteiger charge is -2.08. The molecule has 0 aromatic heterocycles. The van der Waals surface area contributed by atoms with Gasteiger partial charge in [0.25, 0.3) is 0 Å². The number of carbonyl (C=O) groups excluding carboxylic acids is 1. The van der Waals surface area contributed by atoms with Crippen LogP contribution in [0.5, 0.6) is 17.2 Å². The molecule has 0 fully saturated rings. The molecular formula is C16H15FO4. The molecule has 0 saturated heterocycles. The van der Waals surface area contributed by atoms with Crippen molar-refractivity contribution < 1.29 is 24.5 Å². The van der Waals surface area contributed by atoms with Crippen LogP contribution in [0, 0.1) is 12.7 Å². The first-order valence-electron chi connectivity index (χ1n) is 6.41. The third-order valence-electron chi connectivity index (χ3n) is 3.29. The molecule has 0 aliphatic carbocycles. The standard InChI is InChI=1S/C16H15FO4/c1-9-6-11(17)4-2-10(9)3-5-13(19)16-14(20)7-12(18)8-15(16)21/h2,4,6-8,18,20-21H,3,5H2,1H3. The van der Waals surface area contributed by atoms with Crippen LogP contribution in [0.3, 0.4) is 0 Å². The molecular weight excluding hydrogens is 275 g/mol. The van der Waals surface area contributed by atoms with Crippen LogP contribution < -0.4 is 0 Å². The van der Waals surface area contributed by atoms with Crippen molar-refractivity contribution >= 4 is 5.78 Å². The van der Waals surface area contributed by atoms with Crippen molar-refractivity contribution in [1.82, 2.24) is 0 Å². The minimum atomic E-state index is -0.465. The first-order valence-corrected chi connectivity index (χ1v) is 6.41.